The zero-order valence-electron chi connectivity index (χ0n) is 12.5. The highest BCUT2D eigenvalue weighted by Crippen LogP contribution is 2.42. The molecule has 1 aliphatic carbocycles. The van der Waals surface area contributed by atoms with Crippen molar-refractivity contribution < 1.29 is 27.5 Å². The second kappa shape index (κ2) is 5.89. The SMILES string of the molecule is Cc1ccc(C(O)(CC(=O)NC2(C#N)CCCC2)C(F)(F)F)o1. The number of halogens is 3. The molecule has 126 valence electrons. The molecule has 1 heterocycles. The molecule has 0 radical (unpaired) electrons. The van der Waals surface area contributed by atoms with Crippen molar-refractivity contribution in [2.75, 3.05) is 0 Å². The fraction of sp³-hybridized carbons (Fsp3) is 0.600. The largest absolute Gasteiger partial charge is 0.463 e. The minimum atomic E-state index is -5.09. The predicted octanol–water partition coefficient (Wildman–Crippen LogP) is 2.68. The second-order valence-electron chi connectivity index (χ2n) is 5.89. The third-order valence-corrected chi connectivity index (χ3v) is 4.08. The zero-order chi connectivity index (χ0) is 17.3. The number of hydrogen-bond acceptors (Lipinski definition) is 4. The number of carbonyl (C=O) groups is 1. The Kier molecular flexibility index (Phi) is 4.44. The third-order valence-electron chi connectivity index (χ3n) is 4.08. The maximum Gasteiger partial charge on any atom is 0.425 e. The highest BCUT2D eigenvalue weighted by molar-refractivity contribution is 5.78. The summed E-state index contributed by atoms with van der Waals surface area (Å²) in [7, 11) is 0. The van der Waals surface area contributed by atoms with Gasteiger partial charge in [-0.1, -0.05) is 0 Å². The molecule has 0 aliphatic heterocycles. The van der Waals surface area contributed by atoms with Gasteiger partial charge in [0, 0.05) is 0 Å². The first-order valence-electron chi connectivity index (χ1n) is 7.20. The lowest BCUT2D eigenvalue weighted by Crippen LogP contribution is -2.51. The van der Waals surface area contributed by atoms with Crippen LogP contribution >= 0.6 is 0 Å². The molecular weight excluding hydrogens is 313 g/mol. The van der Waals surface area contributed by atoms with Crippen molar-refractivity contribution >= 4 is 5.91 Å². The van der Waals surface area contributed by atoms with Crippen molar-refractivity contribution in [3.05, 3.63) is 23.7 Å². The summed E-state index contributed by atoms with van der Waals surface area (Å²) in [5.74, 6) is -1.59. The average Bonchev–Trinajstić information content (AvgIpc) is 3.07. The maximum absolute atomic E-state index is 13.3. The second-order valence-corrected chi connectivity index (χ2v) is 5.89. The standard InChI is InChI=1S/C15H17F3N2O3/c1-10-4-5-11(23-10)14(22,15(16,17)18)8-12(21)20-13(9-19)6-2-3-7-13/h4-5,22H,2-3,6-8H2,1H3,(H,20,21). The van der Waals surface area contributed by atoms with Crippen LogP contribution < -0.4 is 5.32 Å². The van der Waals surface area contributed by atoms with Gasteiger partial charge in [0.25, 0.3) is 0 Å². The number of amides is 1. The number of rotatable bonds is 4. The number of aliphatic hydroxyl groups is 1. The van der Waals surface area contributed by atoms with Gasteiger partial charge in [0.05, 0.1) is 12.5 Å². The van der Waals surface area contributed by atoms with E-state index in [1.807, 2.05) is 6.07 Å². The molecule has 2 rings (SSSR count). The van der Waals surface area contributed by atoms with Crippen LogP contribution in [0.5, 0.6) is 0 Å². The number of nitriles is 1. The van der Waals surface area contributed by atoms with Crippen LogP contribution in [0.25, 0.3) is 0 Å². The van der Waals surface area contributed by atoms with E-state index in [0.717, 1.165) is 18.9 Å². The molecule has 1 fully saturated rings. The molecule has 0 spiro atoms. The molecule has 1 aromatic heterocycles. The number of alkyl halides is 3. The molecule has 23 heavy (non-hydrogen) atoms. The van der Waals surface area contributed by atoms with Crippen molar-refractivity contribution in [3.8, 4) is 6.07 Å². The number of nitrogens with one attached hydrogen (secondary N) is 1. The molecule has 0 saturated heterocycles. The van der Waals surface area contributed by atoms with Crippen LogP contribution in [0.15, 0.2) is 16.5 Å². The lowest BCUT2D eigenvalue weighted by Gasteiger charge is -2.30. The number of hydrogen-bond donors (Lipinski definition) is 2. The van der Waals surface area contributed by atoms with E-state index < -0.39 is 35.4 Å². The van der Waals surface area contributed by atoms with Gasteiger partial charge in [0.1, 0.15) is 17.1 Å². The average molecular weight is 330 g/mol. The minimum Gasteiger partial charge on any atom is -0.463 e. The first-order valence-corrected chi connectivity index (χ1v) is 7.20. The molecule has 1 amide bonds. The highest BCUT2D eigenvalue weighted by Gasteiger charge is 2.58. The van der Waals surface area contributed by atoms with Gasteiger partial charge in [-0.05, 0) is 44.7 Å². The molecular formula is C15H17F3N2O3. The van der Waals surface area contributed by atoms with E-state index in [1.165, 1.54) is 13.0 Å². The van der Waals surface area contributed by atoms with Crippen molar-refractivity contribution in [2.45, 2.75) is 56.3 Å². The number of carbonyl (C=O) groups excluding carboxylic acids is 1. The summed E-state index contributed by atoms with van der Waals surface area (Å²) < 4.78 is 44.8. The Morgan fingerprint density at radius 2 is 2.04 bits per heavy atom. The van der Waals surface area contributed by atoms with E-state index in [2.05, 4.69) is 5.32 Å². The number of furan rings is 1. The van der Waals surface area contributed by atoms with Crippen LogP contribution in [-0.2, 0) is 10.4 Å². The lowest BCUT2D eigenvalue weighted by molar-refractivity contribution is -0.273. The van der Waals surface area contributed by atoms with Crippen LogP contribution in [0, 0.1) is 18.3 Å². The summed E-state index contributed by atoms with van der Waals surface area (Å²) in [6.45, 7) is 1.43. The molecule has 0 bridgehead atoms. The number of nitrogens with zero attached hydrogens (tertiary/aromatic N) is 1. The third kappa shape index (κ3) is 3.34. The Bertz CT molecular complexity index is 627. The summed E-state index contributed by atoms with van der Waals surface area (Å²) in [4.78, 5) is 12.0. The summed E-state index contributed by atoms with van der Waals surface area (Å²) in [6, 6.07) is 4.23. The molecule has 8 heteroatoms. The highest BCUT2D eigenvalue weighted by atomic mass is 19.4. The molecule has 0 aromatic carbocycles. The van der Waals surface area contributed by atoms with Gasteiger partial charge in [-0.25, -0.2) is 0 Å². The molecule has 1 aliphatic rings. The van der Waals surface area contributed by atoms with Crippen LogP contribution in [0.2, 0.25) is 0 Å². The first-order chi connectivity index (χ1) is 10.6. The molecule has 2 N–H and O–H groups in total. The van der Waals surface area contributed by atoms with Crippen molar-refractivity contribution in [3.63, 3.8) is 0 Å². The smallest absolute Gasteiger partial charge is 0.425 e. The Hall–Kier alpha value is -2.01. The first kappa shape index (κ1) is 17.3. The Morgan fingerprint density at radius 1 is 1.43 bits per heavy atom. The van der Waals surface area contributed by atoms with Crippen LogP contribution in [0.4, 0.5) is 13.2 Å². The van der Waals surface area contributed by atoms with Crippen LogP contribution in [0.3, 0.4) is 0 Å². The van der Waals surface area contributed by atoms with Gasteiger partial charge in [-0.15, -0.1) is 0 Å². The van der Waals surface area contributed by atoms with E-state index in [1.54, 1.807) is 0 Å². The van der Waals surface area contributed by atoms with E-state index >= 15 is 0 Å². The zero-order valence-corrected chi connectivity index (χ0v) is 12.5. The Morgan fingerprint density at radius 3 is 2.48 bits per heavy atom. The van der Waals surface area contributed by atoms with Crippen LogP contribution in [0.1, 0.15) is 43.6 Å². The molecule has 1 unspecified atom stereocenters. The molecule has 1 aromatic rings. The normalized spacial score (nSPS) is 19.8. The minimum absolute atomic E-state index is 0.187. The van der Waals surface area contributed by atoms with E-state index in [4.69, 9.17) is 4.42 Å². The molecule has 1 atom stereocenters. The summed E-state index contributed by atoms with van der Waals surface area (Å²) >= 11 is 0. The van der Waals surface area contributed by atoms with Gasteiger partial charge in [0.15, 0.2) is 0 Å². The molecule has 1 saturated carbocycles. The van der Waals surface area contributed by atoms with Gasteiger partial charge in [-0.3, -0.25) is 4.79 Å². The van der Waals surface area contributed by atoms with Gasteiger partial charge in [0.2, 0.25) is 11.5 Å². The fourth-order valence-corrected chi connectivity index (χ4v) is 2.77. The number of aryl methyl sites for hydroxylation is 1. The van der Waals surface area contributed by atoms with Gasteiger partial charge < -0.3 is 14.8 Å². The maximum atomic E-state index is 13.3. The predicted molar refractivity (Wildman–Crippen MR) is 73.0 cm³/mol. The topological polar surface area (TPSA) is 86.3 Å². The summed E-state index contributed by atoms with van der Waals surface area (Å²) in [5, 5.41) is 21.6. The van der Waals surface area contributed by atoms with E-state index in [0.29, 0.717) is 12.8 Å². The monoisotopic (exact) mass is 330 g/mol. The van der Waals surface area contributed by atoms with Gasteiger partial charge in [-0.2, -0.15) is 18.4 Å². The summed E-state index contributed by atoms with van der Waals surface area (Å²) in [5.41, 5.74) is -4.58. The fourth-order valence-electron chi connectivity index (χ4n) is 2.77. The van der Waals surface area contributed by atoms with E-state index in [-0.39, 0.29) is 5.76 Å². The quantitative estimate of drug-likeness (QED) is 0.889. The van der Waals surface area contributed by atoms with Crippen molar-refractivity contribution in [1.82, 2.24) is 5.32 Å². The summed E-state index contributed by atoms with van der Waals surface area (Å²) in [6.07, 6.45) is -4.14. The lowest BCUT2D eigenvalue weighted by atomic mass is 9.93. The van der Waals surface area contributed by atoms with Crippen molar-refractivity contribution in [1.29, 1.82) is 5.26 Å². The van der Waals surface area contributed by atoms with Crippen LogP contribution in [-0.4, -0.2) is 22.7 Å². The molecule has 5 nitrogen and oxygen atoms in total. The van der Waals surface area contributed by atoms with Crippen molar-refractivity contribution in [2.24, 2.45) is 0 Å². The Labute approximate surface area is 131 Å². The van der Waals surface area contributed by atoms with Gasteiger partial charge >= 0.3 is 6.18 Å². The van der Waals surface area contributed by atoms with E-state index in [9.17, 15) is 28.3 Å². The Balaban J connectivity index is 2.22.